The molecular formula is C14H19NO2S. The molecule has 98 valence electrons. The number of hydrogen-bond acceptors (Lipinski definition) is 4. The molecule has 0 spiro atoms. The summed E-state index contributed by atoms with van der Waals surface area (Å²) in [6, 6.07) is 0. The molecule has 2 saturated heterocycles. The van der Waals surface area contributed by atoms with Crippen molar-refractivity contribution in [3.63, 3.8) is 0 Å². The van der Waals surface area contributed by atoms with Gasteiger partial charge in [0.1, 0.15) is 0 Å². The Morgan fingerprint density at radius 2 is 1.94 bits per heavy atom. The number of piperidine rings is 1. The van der Waals surface area contributed by atoms with Crippen molar-refractivity contribution in [2.24, 2.45) is 0 Å². The van der Waals surface area contributed by atoms with Crippen molar-refractivity contribution in [2.45, 2.75) is 24.5 Å². The molecule has 0 unspecified atom stereocenters. The summed E-state index contributed by atoms with van der Waals surface area (Å²) in [5, 5.41) is 0.744. The minimum atomic E-state index is 0.365. The smallest absolute Gasteiger partial charge is 0.231 e. The predicted molar refractivity (Wildman–Crippen MR) is 74.0 cm³/mol. The topological polar surface area (TPSA) is 21.7 Å². The van der Waals surface area contributed by atoms with Crippen LogP contribution in [0, 0.1) is 0 Å². The lowest BCUT2D eigenvalue weighted by molar-refractivity contribution is 0.0974. The summed E-state index contributed by atoms with van der Waals surface area (Å²) < 4.78 is 10.9. The average Bonchev–Trinajstić information content (AvgIpc) is 2.71. The lowest BCUT2D eigenvalue weighted by Crippen LogP contribution is -2.31. The van der Waals surface area contributed by atoms with Crippen LogP contribution >= 0.6 is 11.8 Å². The molecule has 0 radical (unpaired) electrons. The number of allylic oxidation sites excluding steroid dienone is 3. The van der Waals surface area contributed by atoms with Crippen LogP contribution in [0.1, 0.15) is 19.3 Å². The molecule has 0 aromatic rings. The van der Waals surface area contributed by atoms with E-state index < -0.39 is 0 Å². The maximum atomic E-state index is 5.48. The van der Waals surface area contributed by atoms with Gasteiger partial charge in [0.05, 0.1) is 0 Å². The van der Waals surface area contributed by atoms with Crippen LogP contribution in [-0.4, -0.2) is 37.1 Å². The number of ether oxygens (including phenoxy) is 2. The lowest BCUT2D eigenvalue weighted by Gasteiger charge is -2.28. The molecule has 2 heterocycles. The highest BCUT2D eigenvalue weighted by atomic mass is 32.2. The van der Waals surface area contributed by atoms with E-state index >= 15 is 0 Å². The predicted octanol–water partition coefficient (Wildman–Crippen LogP) is 2.87. The largest absolute Gasteiger partial charge is 0.454 e. The summed E-state index contributed by atoms with van der Waals surface area (Å²) in [4.78, 5) is 3.74. The van der Waals surface area contributed by atoms with E-state index in [0.717, 1.165) is 23.2 Å². The Hall–Kier alpha value is -0.870. The van der Waals surface area contributed by atoms with Gasteiger partial charge in [-0.1, -0.05) is 6.08 Å². The van der Waals surface area contributed by atoms with Crippen LogP contribution in [0.4, 0.5) is 0 Å². The molecule has 3 nitrogen and oxygen atoms in total. The molecular weight excluding hydrogens is 246 g/mol. The SMILES string of the molecule is CN1CCC(SC2=CCC=C3OCOC3=C2)CC1. The highest BCUT2D eigenvalue weighted by molar-refractivity contribution is 8.03. The second kappa shape index (κ2) is 5.41. The first-order valence-corrected chi connectivity index (χ1v) is 7.42. The monoisotopic (exact) mass is 265 g/mol. The molecule has 0 bridgehead atoms. The van der Waals surface area contributed by atoms with Crippen LogP contribution < -0.4 is 0 Å². The van der Waals surface area contributed by atoms with Crippen LogP contribution in [0.5, 0.6) is 0 Å². The van der Waals surface area contributed by atoms with Crippen LogP contribution in [0.2, 0.25) is 0 Å². The third-order valence-electron chi connectivity index (χ3n) is 3.54. The first-order valence-electron chi connectivity index (χ1n) is 6.54. The molecule has 2 fully saturated rings. The van der Waals surface area contributed by atoms with E-state index in [-0.39, 0.29) is 0 Å². The Bertz CT molecular complexity index is 406. The van der Waals surface area contributed by atoms with E-state index in [2.05, 4.69) is 30.2 Å². The summed E-state index contributed by atoms with van der Waals surface area (Å²) >= 11 is 1.99. The Kier molecular flexibility index (Phi) is 3.66. The fourth-order valence-electron chi connectivity index (χ4n) is 2.42. The molecule has 0 amide bonds. The van der Waals surface area contributed by atoms with Crippen molar-refractivity contribution < 1.29 is 9.47 Å². The second-order valence-electron chi connectivity index (χ2n) is 4.95. The van der Waals surface area contributed by atoms with E-state index in [9.17, 15) is 0 Å². The summed E-state index contributed by atoms with van der Waals surface area (Å²) in [5.41, 5.74) is 0. The number of nitrogens with zero attached hydrogens (tertiary/aromatic N) is 1. The van der Waals surface area contributed by atoms with Gasteiger partial charge in [0, 0.05) is 10.2 Å². The Morgan fingerprint density at radius 3 is 2.78 bits per heavy atom. The van der Waals surface area contributed by atoms with Gasteiger partial charge in [-0.25, -0.2) is 0 Å². The van der Waals surface area contributed by atoms with E-state index in [1.54, 1.807) is 0 Å². The Labute approximate surface area is 113 Å². The third-order valence-corrected chi connectivity index (χ3v) is 4.90. The van der Waals surface area contributed by atoms with Crippen molar-refractivity contribution in [3.8, 4) is 0 Å². The zero-order valence-corrected chi connectivity index (χ0v) is 11.5. The zero-order valence-electron chi connectivity index (χ0n) is 10.7. The molecule has 1 aliphatic carbocycles. The quantitative estimate of drug-likeness (QED) is 0.765. The lowest BCUT2D eigenvalue weighted by atomic mass is 10.1. The highest BCUT2D eigenvalue weighted by Gasteiger charge is 2.21. The zero-order chi connectivity index (χ0) is 12.4. The van der Waals surface area contributed by atoms with Crippen molar-refractivity contribution >= 4 is 11.8 Å². The molecule has 0 atom stereocenters. The van der Waals surface area contributed by atoms with E-state index in [0.29, 0.717) is 6.79 Å². The van der Waals surface area contributed by atoms with Gasteiger partial charge < -0.3 is 14.4 Å². The molecule has 0 aromatic heterocycles. The van der Waals surface area contributed by atoms with Crippen molar-refractivity contribution in [2.75, 3.05) is 26.9 Å². The summed E-state index contributed by atoms with van der Waals surface area (Å²) in [7, 11) is 2.20. The Balaban J connectivity index is 1.63. The van der Waals surface area contributed by atoms with Crippen molar-refractivity contribution in [1.82, 2.24) is 4.90 Å². The number of hydrogen-bond donors (Lipinski definition) is 0. The van der Waals surface area contributed by atoms with E-state index in [1.165, 1.54) is 30.8 Å². The highest BCUT2D eigenvalue weighted by Crippen LogP contribution is 2.34. The van der Waals surface area contributed by atoms with Gasteiger partial charge in [0.15, 0.2) is 11.5 Å². The molecule has 4 heteroatoms. The average molecular weight is 265 g/mol. The van der Waals surface area contributed by atoms with Gasteiger partial charge in [-0.3, -0.25) is 0 Å². The number of fused-ring (bicyclic) bond motifs is 1. The summed E-state index contributed by atoms with van der Waals surface area (Å²) in [6.45, 7) is 2.79. The minimum Gasteiger partial charge on any atom is -0.454 e. The third kappa shape index (κ3) is 2.75. The maximum absolute atomic E-state index is 5.48. The van der Waals surface area contributed by atoms with Crippen molar-refractivity contribution in [1.29, 1.82) is 0 Å². The van der Waals surface area contributed by atoms with Crippen LogP contribution in [0.3, 0.4) is 0 Å². The van der Waals surface area contributed by atoms with Gasteiger partial charge in [-0.15, -0.1) is 11.8 Å². The normalized spacial score (nSPS) is 25.3. The molecule has 0 aromatic carbocycles. The van der Waals surface area contributed by atoms with Crippen LogP contribution in [0.25, 0.3) is 0 Å². The summed E-state index contributed by atoms with van der Waals surface area (Å²) in [5.74, 6) is 1.81. The van der Waals surface area contributed by atoms with Crippen LogP contribution in [0.15, 0.2) is 34.7 Å². The van der Waals surface area contributed by atoms with Crippen molar-refractivity contribution in [3.05, 3.63) is 34.7 Å². The molecule has 3 aliphatic rings. The molecule has 0 saturated carbocycles. The minimum absolute atomic E-state index is 0.365. The summed E-state index contributed by atoms with van der Waals surface area (Å²) in [6.07, 6.45) is 10.00. The fourth-order valence-corrected chi connectivity index (χ4v) is 3.62. The number of rotatable bonds is 2. The molecule has 0 N–H and O–H groups in total. The van der Waals surface area contributed by atoms with E-state index in [1.807, 2.05) is 11.8 Å². The van der Waals surface area contributed by atoms with Gasteiger partial charge in [-0.05, 0) is 51.6 Å². The standard InChI is InChI=1S/C14H19NO2S/c1-15-7-5-11(6-8-15)18-12-3-2-4-13-14(9-12)17-10-16-13/h3-4,9,11H,2,5-8,10H2,1H3. The van der Waals surface area contributed by atoms with E-state index in [4.69, 9.17) is 9.47 Å². The fraction of sp³-hybridized carbons (Fsp3) is 0.571. The molecule has 3 rings (SSSR count). The van der Waals surface area contributed by atoms with Gasteiger partial charge >= 0.3 is 0 Å². The number of thioether (sulfide) groups is 1. The first kappa shape index (κ1) is 12.2. The molecule has 2 aliphatic heterocycles. The molecule has 18 heavy (non-hydrogen) atoms. The maximum Gasteiger partial charge on any atom is 0.231 e. The number of likely N-dealkylation sites (tertiary alicyclic amines) is 1. The first-order chi connectivity index (χ1) is 8.81. The Morgan fingerprint density at radius 1 is 1.17 bits per heavy atom. The van der Waals surface area contributed by atoms with Gasteiger partial charge in [-0.2, -0.15) is 0 Å². The van der Waals surface area contributed by atoms with Gasteiger partial charge in [0.2, 0.25) is 6.79 Å². The van der Waals surface area contributed by atoms with Crippen LogP contribution in [-0.2, 0) is 9.47 Å². The second-order valence-corrected chi connectivity index (χ2v) is 6.32. The van der Waals surface area contributed by atoms with Gasteiger partial charge in [0.25, 0.3) is 0 Å².